The summed E-state index contributed by atoms with van der Waals surface area (Å²) in [5, 5.41) is 12.7. The molecule has 2 N–H and O–H groups in total. The lowest BCUT2D eigenvalue weighted by Gasteiger charge is -2.39. The molecule has 1 aromatic carbocycles. The molecule has 7 nitrogen and oxygen atoms in total. The smallest absolute Gasteiger partial charge is 0.269 e. The summed E-state index contributed by atoms with van der Waals surface area (Å²) < 4.78 is 15.0. The molecule has 2 spiro atoms. The van der Waals surface area contributed by atoms with E-state index in [0.717, 1.165) is 69.0 Å². The van der Waals surface area contributed by atoms with E-state index in [1.807, 2.05) is 19.1 Å². The third-order valence-electron chi connectivity index (χ3n) is 9.69. The number of piperidine rings is 1. The maximum Gasteiger partial charge on any atom is 0.269 e. The number of hydrogen-bond acceptors (Lipinski definition) is 5. The van der Waals surface area contributed by atoms with Gasteiger partial charge in [0.2, 0.25) is 5.91 Å². The second kappa shape index (κ2) is 9.63. The minimum atomic E-state index is -0.318. The molecule has 2 aromatic rings. The number of nitrogens with zero attached hydrogens (tertiary/aromatic N) is 3. The molecule has 2 aliphatic carbocycles. The van der Waals surface area contributed by atoms with Crippen LogP contribution in [-0.4, -0.2) is 65.1 Å². The Hall–Kier alpha value is -3.00. The second-order valence-electron chi connectivity index (χ2n) is 11.8. The van der Waals surface area contributed by atoms with Gasteiger partial charge in [0.25, 0.3) is 5.91 Å². The van der Waals surface area contributed by atoms with Crippen LogP contribution in [0.15, 0.2) is 36.5 Å². The number of pyridine rings is 1. The van der Waals surface area contributed by atoms with Crippen LogP contribution in [0, 0.1) is 16.6 Å². The lowest BCUT2D eigenvalue weighted by atomic mass is 9.77. The molecule has 1 unspecified atom stereocenters. The first kappa shape index (κ1) is 25.3. The fraction of sp³-hybridized carbons (Fsp3) is 0.567. The minimum Gasteiger partial charge on any atom is -0.393 e. The van der Waals surface area contributed by atoms with Crippen molar-refractivity contribution in [2.75, 3.05) is 31.1 Å². The van der Waals surface area contributed by atoms with Crippen LogP contribution in [-0.2, 0) is 4.79 Å². The van der Waals surface area contributed by atoms with Crippen molar-refractivity contribution in [1.29, 1.82) is 0 Å². The summed E-state index contributed by atoms with van der Waals surface area (Å²) in [6, 6.07) is 8.95. The Morgan fingerprint density at radius 3 is 2.47 bits per heavy atom. The van der Waals surface area contributed by atoms with E-state index in [4.69, 9.17) is 0 Å². The highest BCUT2D eigenvalue weighted by Gasteiger charge is 2.62. The number of carbonyl (C=O) groups excluding carboxylic acids is 2. The topological polar surface area (TPSA) is 85.8 Å². The van der Waals surface area contributed by atoms with Crippen molar-refractivity contribution >= 4 is 17.5 Å². The molecule has 2 amide bonds. The number of aromatic nitrogens is 1. The number of aliphatic hydroxyl groups excluding tert-OH is 1. The van der Waals surface area contributed by atoms with E-state index in [1.165, 1.54) is 6.07 Å². The maximum absolute atomic E-state index is 15.0. The summed E-state index contributed by atoms with van der Waals surface area (Å²) >= 11 is 0. The van der Waals surface area contributed by atoms with E-state index in [9.17, 15) is 19.1 Å². The zero-order valence-corrected chi connectivity index (χ0v) is 22.1. The van der Waals surface area contributed by atoms with Crippen LogP contribution in [0.1, 0.15) is 68.8 Å². The summed E-state index contributed by atoms with van der Waals surface area (Å²) in [6.45, 7) is 4.53. The second-order valence-corrected chi connectivity index (χ2v) is 11.8. The molecule has 1 atom stereocenters. The van der Waals surface area contributed by atoms with Crippen LogP contribution in [0.25, 0.3) is 11.1 Å². The first-order valence-corrected chi connectivity index (χ1v) is 14.1. The Bertz CT molecular complexity index is 1220. The number of carbonyl (C=O) groups is 2. The van der Waals surface area contributed by atoms with Crippen LogP contribution in [0.4, 0.5) is 10.1 Å². The monoisotopic (exact) mass is 520 g/mol. The van der Waals surface area contributed by atoms with Crippen molar-refractivity contribution in [3.05, 3.63) is 48.0 Å². The fourth-order valence-electron chi connectivity index (χ4n) is 7.15. The molecule has 6 rings (SSSR count). The zero-order valence-electron chi connectivity index (χ0n) is 22.1. The van der Waals surface area contributed by atoms with Crippen LogP contribution in [0.5, 0.6) is 0 Å². The third-order valence-corrected chi connectivity index (χ3v) is 9.69. The number of rotatable bonds is 5. The summed E-state index contributed by atoms with van der Waals surface area (Å²) in [5.74, 6) is -0.177. The van der Waals surface area contributed by atoms with Crippen molar-refractivity contribution in [3.8, 4) is 11.1 Å². The highest BCUT2D eigenvalue weighted by molar-refractivity contribution is 5.92. The SMILES string of the molecule is CCNC(=O)c1ccc(-c2ccc(F)c(N3CCC4(CC3)CCN(C3CC35CCC(O)CC5)C4=O)c2)cn1. The van der Waals surface area contributed by atoms with Gasteiger partial charge in [0.05, 0.1) is 17.2 Å². The lowest BCUT2D eigenvalue weighted by molar-refractivity contribution is -0.138. The van der Waals surface area contributed by atoms with E-state index in [1.54, 1.807) is 18.3 Å². The molecule has 1 aromatic heterocycles. The van der Waals surface area contributed by atoms with E-state index in [0.29, 0.717) is 43.0 Å². The Balaban J connectivity index is 1.12. The summed E-state index contributed by atoms with van der Waals surface area (Å²) in [4.78, 5) is 34.2. The molecule has 2 saturated heterocycles. The Morgan fingerprint density at radius 1 is 1.08 bits per heavy atom. The Labute approximate surface area is 223 Å². The highest BCUT2D eigenvalue weighted by Crippen LogP contribution is 2.61. The van der Waals surface area contributed by atoms with Gasteiger partial charge in [0.1, 0.15) is 11.5 Å². The van der Waals surface area contributed by atoms with E-state index in [2.05, 4.69) is 20.1 Å². The van der Waals surface area contributed by atoms with Crippen LogP contribution >= 0.6 is 0 Å². The Morgan fingerprint density at radius 2 is 1.79 bits per heavy atom. The van der Waals surface area contributed by atoms with Gasteiger partial charge in [0, 0.05) is 44.0 Å². The zero-order chi connectivity index (χ0) is 26.5. The normalized spacial score (nSPS) is 28.2. The molecule has 0 bridgehead atoms. The predicted octanol–water partition coefficient (Wildman–Crippen LogP) is 4.15. The van der Waals surface area contributed by atoms with Gasteiger partial charge in [-0.15, -0.1) is 0 Å². The average Bonchev–Trinajstić information content (AvgIpc) is 3.54. The van der Waals surface area contributed by atoms with Gasteiger partial charge < -0.3 is 20.2 Å². The lowest BCUT2D eigenvalue weighted by Crippen LogP contribution is -2.46. The largest absolute Gasteiger partial charge is 0.393 e. The van der Waals surface area contributed by atoms with E-state index in [-0.39, 0.29) is 28.7 Å². The number of amides is 2. The molecule has 38 heavy (non-hydrogen) atoms. The van der Waals surface area contributed by atoms with Crippen molar-refractivity contribution in [3.63, 3.8) is 0 Å². The number of hydrogen-bond donors (Lipinski definition) is 2. The molecule has 202 valence electrons. The van der Waals surface area contributed by atoms with Crippen LogP contribution in [0.3, 0.4) is 0 Å². The van der Waals surface area contributed by atoms with Gasteiger partial charge in [-0.1, -0.05) is 12.1 Å². The van der Waals surface area contributed by atoms with Crippen molar-refractivity contribution in [1.82, 2.24) is 15.2 Å². The Kier molecular flexibility index (Phi) is 6.41. The number of nitrogens with one attached hydrogen (secondary N) is 1. The molecule has 0 radical (unpaired) electrons. The molecular weight excluding hydrogens is 483 g/mol. The summed E-state index contributed by atoms with van der Waals surface area (Å²) in [6.07, 6.45) is 8.72. The van der Waals surface area contributed by atoms with Gasteiger partial charge in [0.15, 0.2) is 0 Å². The average molecular weight is 521 g/mol. The predicted molar refractivity (Wildman–Crippen MR) is 143 cm³/mol. The van der Waals surface area contributed by atoms with E-state index >= 15 is 0 Å². The fourth-order valence-corrected chi connectivity index (χ4v) is 7.15. The molecule has 4 fully saturated rings. The first-order chi connectivity index (χ1) is 18.3. The molecule has 8 heteroatoms. The first-order valence-electron chi connectivity index (χ1n) is 14.1. The van der Waals surface area contributed by atoms with Crippen LogP contribution < -0.4 is 10.2 Å². The highest BCUT2D eigenvalue weighted by atomic mass is 19.1. The maximum atomic E-state index is 15.0. The molecular formula is C30H37FN4O3. The number of halogens is 1. The number of aliphatic hydroxyl groups is 1. The minimum absolute atomic E-state index is 0.173. The van der Waals surface area contributed by atoms with Gasteiger partial charge in [-0.05, 0) is 87.5 Å². The van der Waals surface area contributed by atoms with Gasteiger partial charge in [-0.2, -0.15) is 0 Å². The van der Waals surface area contributed by atoms with Gasteiger partial charge in [-0.25, -0.2) is 4.39 Å². The van der Waals surface area contributed by atoms with Crippen molar-refractivity contribution < 1.29 is 19.1 Å². The third kappa shape index (κ3) is 4.36. The summed E-state index contributed by atoms with van der Waals surface area (Å²) in [7, 11) is 0. The number of likely N-dealkylation sites (tertiary alicyclic amines) is 1. The molecule has 3 heterocycles. The summed E-state index contributed by atoms with van der Waals surface area (Å²) in [5.41, 5.74) is 2.50. The molecule has 2 aliphatic heterocycles. The molecule has 2 saturated carbocycles. The van der Waals surface area contributed by atoms with Crippen molar-refractivity contribution in [2.24, 2.45) is 10.8 Å². The van der Waals surface area contributed by atoms with Gasteiger partial charge in [-0.3, -0.25) is 14.6 Å². The quantitative estimate of drug-likeness (QED) is 0.619. The standard InChI is InChI=1S/C30H37FN4O3/c1-2-32-27(37)24-6-4-21(19-33-24)20-3-5-23(31)25(17-20)34-14-11-29(12-15-34)13-16-35(28(29)38)26-18-30(26)9-7-22(36)8-10-30/h3-6,17,19,22,26,36H,2,7-16,18H2,1H3,(H,32,37). The molecule has 4 aliphatic rings. The van der Waals surface area contributed by atoms with Crippen molar-refractivity contribution in [2.45, 2.75) is 70.4 Å². The van der Waals surface area contributed by atoms with E-state index < -0.39 is 0 Å². The van der Waals surface area contributed by atoms with Gasteiger partial charge >= 0.3 is 0 Å². The number of benzene rings is 1. The van der Waals surface area contributed by atoms with Crippen LogP contribution in [0.2, 0.25) is 0 Å². The number of anilines is 1.